The Kier molecular flexibility index (Phi) is 5.76. The van der Waals surface area contributed by atoms with Crippen LogP contribution in [0.5, 0.6) is 0 Å². The number of ether oxygens (including phenoxy) is 1. The minimum Gasteiger partial charge on any atom is -0.457 e. The van der Waals surface area contributed by atoms with Gasteiger partial charge in [0, 0.05) is 30.8 Å². The van der Waals surface area contributed by atoms with Crippen LogP contribution in [0.25, 0.3) is 5.69 Å². The minimum atomic E-state index is -0.682. The van der Waals surface area contributed by atoms with Crippen LogP contribution in [0.15, 0.2) is 36.7 Å². The van der Waals surface area contributed by atoms with Gasteiger partial charge in [-0.15, -0.1) is 5.10 Å². The number of carbonyl (C=O) groups excluding carboxylic acids is 2. The summed E-state index contributed by atoms with van der Waals surface area (Å²) in [6.07, 6.45) is 2.70. The first-order chi connectivity index (χ1) is 17.8. The number of nitrogens with zero attached hydrogens (tertiary/aromatic N) is 6. The number of aliphatic hydroxyl groups is 1. The van der Waals surface area contributed by atoms with Crippen molar-refractivity contribution in [2.24, 2.45) is 5.41 Å². The molecule has 2 fully saturated rings. The van der Waals surface area contributed by atoms with Gasteiger partial charge in [0.05, 0.1) is 11.7 Å². The quantitative estimate of drug-likeness (QED) is 0.525. The van der Waals surface area contributed by atoms with E-state index in [1.54, 1.807) is 23.1 Å². The maximum atomic E-state index is 14.8. The van der Waals surface area contributed by atoms with Gasteiger partial charge in [-0.2, -0.15) is 4.68 Å². The van der Waals surface area contributed by atoms with Gasteiger partial charge in [-0.1, -0.05) is 6.07 Å². The van der Waals surface area contributed by atoms with E-state index in [1.165, 1.54) is 17.1 Å². The van der Waals surface area contributed by atoms with Crippen molar-refractivity contribution in [1.29, 1.82) is 0 Å². The largest absolute Gasteiger partial charge is 0.457 e. The Hall–Kier alpha value is -3.70. The van der Waals surface area contributed by atoms with E-state index in [0.717, 1.165) is 42.6 Å². The number of esters is 1. The summed E-state index contributed by atoms with van der Waals surface area (Å²) in [4.78, 5) is 28.7. The van der Waals surface area contributed by atoms with Crippen molar-refractivity contribution in [2.45, 2.75) is 38.9 Å². The third-order valence-electron chi connectivity index (χ3n) is 8.07. The van der Waals surface area contributed by atoms with Gasteiger partial charge in [0.1, 0.15) is 18.6 Å². The molecular formula is C26H27FN6O4. The number of hydrogen-bond donors (Lipinski definition) is 1. The minimum absolute atomic E-state index is 0.00594. The summed E-state index contributed by atoms with van der Waals surface area (Å²) in [6, 6.07) is 8.20. The number of aromatic nitrogens is 4. The van der Waals surface area contributed by atoms with Crippen LogP contribution in [0.3, 0.4) is 0 Å². The van der Waals surface area contributed by atoms with Gasteiger partial charge in [-0.05, 0) is 84.1 Å². The van der Waals surface area contributed by atoms with Crippen molar-refractivity contribution in [3.8, 4) is 5.69 Å². The lowest BCUT2D eigenvalue weighted by atomic mass is 9.77. The van der Waals surface area contributed by atoms with E-state index in [0.29, 0.717) is 30.8 Å². The van der Waals surface area contributed by atoms with Crippen LogP contribution in [0, 0.1) is 18.2 Å². The van der Waals surface area contributed by atoms with E-state index in [1.807, 2.05) is 13.0 Å². The van der Waals surface area contributed by atoms with Gasteiger partial charge in [0.2, 0.25) is 5.91 Å². The number of aliphatic hydroxyl groups excluding tert-OH is 1. The molecule has 1 atom stereocenters. The first kappa shape index (κ1) is 23.7. The van der Waals surface area contributed by atoms with Crippen LogP contribution in [0.1, 0.15) is 52.4 Å². The molecule has 37 heavy (non-hydrogen) atoms. The fourth-order valence-corrected chi connectivity index (χ4v) is 5.87. The molecule has 0 radical (unpaired) electrons. The van der Waals surface area contributed by atoms with E-state index in [4.69, 9.17) is 4.74 Å². The van der Waals surface area contributed by atoms with Gasteiger partial charge in [-0.25, -0.2) is 9.18 Å². The van der Waals surface area contributed by atoms with Crippen molar-refractivity contribution in [3.63, 3.8) is 0 Å². The molecule has 3 aliphatic heterocycles. The van der Waals surface area contributed by atoms with Gasteiger partial charge in [0.25, 0.3) is 0 Å². The third-order valence-corrected chi connectivity index (χ3v) is 8.07. The van der Waals surface area contributed by atoms with Gasteiger partial charge >= 0.3 is 5.97 Å². The number of rotatable bonds is 5. The molecule has 1 amide bonds. The Bertz CT molecular complexity index is 1370. The summed E-state index contributed by atoms with van der Waals surface area (Å²) in [5.74, 6) is -0.819. The second-order valence-electron chi connectivity index (χ2n) is 10.2. The van der Waals surface area contributed by atoms with Crippen LogP contribution in [0.2, 0.25) is 0 Å². The lowest BCUT2D eigenvalue weighted by Gasteiger charge is -2.39. The molecule has 1 unspecified atom stereocenters. The zero-order valence-corrected chi connectivity index (χ0v) is 20.4. The normalized spacial score (nSPS) is 19.9. The van der Waals surface area contributed by atoms with Crippen molar-refractivity contribution in [3.05, 3.63) is 64.7 Å². The second kappa shape index (κ2) is 9.00. The van der Waals surface area contributed by atoms with E-state index in [-0.39, 0.29) is 29.6 Å². The summed E-state index contributed by atoms with van der Waals surface area (Å²) in [5, 5.41) is 21.8. The molecule has 0 bridgehead atoms. The smallest absolute Gasteiger partial charge is 0.338 e. The number of hydrogen-bond acceptors (Lipinski definition) is 8. The predicted octanol–water partition coefficient (Wildman–Crippen LogP) is 2.33. The highest BCUT2D eigenvalue weighted by Crippen LogP contribution is 2.43. The third kappa shape index (κ3) is 4.17. The number of halogens is 1. The highest BCUT2D eigenvalue weighted by atomic mass is 19.1. The topological polar surface area (TPSA) is 114 Å². The number of likely N-dealkylation sites (tertiary alicyclic amines) is 1. The predicted molar refractivity (Wildman–Crippen MR) is 129 cm³/mol. The highest BCUT2D eigenvalue weighted by Gasteiger charge is 2.45. The summed E-state index contributed by atoms with van der Waals surface area (Å²) >= 11 is 0. The SMILES string of the molecule is Cc1c(C(O)CN2CCC3(CC2)CC(=O)N(c2ccc(-n4cnnn4)c(F)c2)C3)ccc2c1COC2=O. The highest BCUT2D eigenvalue weighted by molar-refractivity contribution is 5.96. The summed E-state index contributed by atoms with van der Waals surface area (Å²) in [5.41, 5.74) is 3.74. The maximum Gasteiger partial charge on any atom is 0.338 e. The number of piperidine rings is 1. The first-order valence-electron chi connectivity index (χ1n) is 12.4. The van der Waals surface area contributed by atoms with Gasteiger partial charge in [0.15, 0.2) is 5.82 Å². The molecule has 4 heterocycles. The number of amides is 1. The van der Waals surface area contributed by atoms with Crippen LogP contribution in [-0.4, -0.2) is 68.3 Å². The van der Waals surface area contributed by atoms with Crippen LogP contribution in [-0.2, 0) is 16.1 Å². The maximum absolute atomic E-state index is 14.8. The molecule has 2 saturated heterocycles. The molecule has 1 spiro atoms. The number of cyclic esters (lactones) is 1. The van der Waals surface area contributed by atoms with Crippen molar-refractivity contribution >= 4 is 17.6 Å². The van der Waals surface area contributed by atoms with E-state index >= 15 is 0 Å². The first-order valence-corrected chi connectivity index (χ1v) is 12.4. The Labute approximate surface area is 212 Å². The monoisotopic (exact) mass is 506 g/mol. The Morgan fingerprint density at radius 2 is 2.00 bits per heavy atom. The van der Waals surface area contributed by atoms with Gasteiger partial charge < -0.3 is 19.6 Å². The fourth-order valence-electron chi connectivity index (χ4n) is 5.87. The summed E-state index contributed by atoms with van der Waals surface area (Å²) in [7, 11) is 0. The molecule has 0 aliphatic carbocycles. The fraction of sp³-hybridized carbons (Fsp3) is 0.423. The zero-order valence-electron chi connectivity index (χ0n) is 20.4. The average Bonchev–Trinajstić information content (AvgIpc) is 3.61. The lowest BCUT2D eigenvalue weighted by Crippen LogP contribution is -2.43. The molecule has 0 saturated carbocycles. The number of fused-ring (bicyclic) bond motifs is 1. The number of anilines is 1. The van der Waals surface area contributed by atoms with Crippen LogP contribution >= 0.6 is 0 Å². The molecule has 2 aromatic carbocycles. The van der Waals surface area contributed by atoms with Crippen molar-refractivity contribution in [1.82, 2.24) is 25.1 Å². The number of carbonyl (C=O) groups is 2. The number of tetrazole rings is 1. The molecule has 6 rings (SSSR count). The van der Waals surface area contributed by atoms with Crippen molar-refractivity contribution < 1.29 is 23.8 Å². The second-order valence-corrected chi connectivity index (χ2v) is 10.2. The lowest BCUT2D eigenvalue weighted by molar-refractivity contribution is -0.118. The average molecular weight is 507 g/mol. The number of benzene rings is 2. The molecular weight excluding hydrogens is 479 g/mol. The Morgan fingerprint density at radius 3 is 2.73 bits per heavy atom. The molecule has 10 nitrogen and oxygen atoms in total. The molecule has 11 heteroatoms. The Balaban J connectivity index is 1.10. The van der Waals surface area contributed by atoms with E-state index in [9.17, 15) is 19.1 Å². The molecule has 1 aromatic heterocycles. The molecule has 3 aliphatic rings. The van der Waals surface area contributed by atoms with Gasteiger partial charge in [-0.3, -0.25) is 4.79 Å². The van der Waals surface area contributed by atoms with Crippen LogP contribution < -0.4 is 4.90 Å². The van der Waals surface area contributed by atoms with E-state index in [2.05, 4.69) is 20.4 Å². The molecule has 192 valence electrons. The summed E-state index contributed by atoms with van der Waals surface area (Å²) < 4.78 is 21.1. The van der Waals surface area contributed by atoms with Crippen LogP contribution in [0.4, 0.5) is 10.1 Å². The molecule has 3 aromatic rings. The number of β-amino-alcohol motifs (C(OH)–C–C–N with tert-alkyl or cyclic N) is 1. The standard InChI is InChI=1S/C26H27FN6O4/c1-16-18(3-4-19-20(16)13-37-25(19)36)23(34)12-31-8-6-26(7-9-31)11-24(35)32(14-26)17-2-5-22(21(27)10-17)33-15-28-29-30-33/h2-5,10,15,23,34H,6-9,11-14H2,1H3. The Morgan fingerprint density at radius 1 is 1.19 bits per heavy atom. The van der Waals surface area contributed by atoms with Crippen molar-refractivity contribution in [2.75, 3.05) is 31.1 Å². The summed E-state index contributed by atoms with van der Waals surface area (Å²) in [6.45, 7) is 4.71. The molecule has 1 N–H and O–H groups in total. The van der Waals surface area contributed by atoms with E-state index < -0.39 is 11.9 Å². The zero-order chi connectivity index (χ0) is 25.7.